The third-order valence-electron chi connectivity index (χ3n) is 6.47. The van der Waals surface area contributed by atoms with Gasteiger partial charge in [-0.15, -0.1) is 0 Å². The minimum Gasteiger partial charge on any atom is -0.353 e. The second kappa shape index (κ2) is 7.75. The van der Waals surface area contributed by atoms with Crippen LogP contribution < -0.4 is 5.32 Å². The molecular formula is C19H33N3O2. The number of rotatable bonds is 2. The van der Waals surface area contributed by atoms with Crippen molar-refractivity contribution in [3.8, 4) is 0 Å². The molecule has 0 aromatic heterocycles. The lowest BCUT2D eigenvalue weighted by Crippen LogP contribution is -2.52. The van der Waals surface area contributed by atoms with E-state index in [1.807, 2.05) is 9.80 Å². The number of hydrogen-bond donors (Lipinski definition) is 1. The average Bonchev–Trinajstić information content (AvgIpc) is 3.13. The summed E-state index contributed by atoms with van der Waals surface area (Å²) in [5.74, 6) is 1.37. The molecule has 1 aliphatic carbocycles. The fourth-order valence-corrected chi connectivity index (χ4v) is 4.56. The van der Waals surface area contributed by atoms with Crippen LogP contribution in [-0.2, 0) is 4.79 Å². The van der Waals surface area contributed by atoms with Crippen LogP contribution in [-0.4, -0.2) is 54.0 Å². The topological polar surface area (TPSA) is 52.7 Å². The summed E-state index contributed by atoms with van der Waals surface area (Å²) in [7, 11) is 0. The number of hydrogen-bond acceptors (Lipinski definition) is 2. The molecule has 2 aliphatic heterocycles. The summed E-state index contributed by atoms with van der Waals surface area (Å²) < 4.78 is 0. The summed E-state index contributed by atoms with van der Waals surface area (Å²) in [6.07, 6.45) is 7.65. The van der Waals surface area contributed by atoms with Gasteiger partial charge in [0.2, 0.25) is 5.91 Å². The third kappa shape index (κ3) is 3.86. The molecule has 2 heterocycles. The molecule has 1 saturated carbocycles. The maximum absolute atomic E-state index is 12.7. The molecule has 0 radical (unpaired) electrons. The highest BCUT2D eigenvalue weighted by molar-refractivity contribution is 5.81. The molecule has 0 bridgehead atoms. The smallest absolute Gasteiger partial charge is 0.320 e. The molecule has 0 aromatic rings. The van der Waals surface area contributed by atoms with E-state index in [9.17, 15) is 9.59 Å². The highest BCUT2D eigenvalue weighted by atomic mass is 16.2. The Morgan fingerprint density at radius 2 is 1.58 bits per heavy atom. The van der Waals surface area contributed by atoms with E-state index in [-0.39, 0.29) is 17.9 Å². The molecule has 4 atom stereocenters. The molecule has 3 amide bonds. The van der Waals surface area contributed by atoms with Crippen molar-refractivity contribution in [2.24, 2.45) is 17.8 Å². The molecule has 0 spiro atoms. The van der Waals surface area contributed by atoms with Crippen molar-refractivity contribution < 1.29 is 9.59 Å². The lowest BCUT2D eigenvalue weighted by atomic mass is 9.78. The van der Waals surface area contributed by atoms with Gasteiger partial charge in [-0.1, -0.05) is 26.7 Å². The molecule has 1 N–H and O–H groups in total. The van der Waals surface area contributed by atoms with Crippen LogP contribution in [0.2, 0.25) is 0 Å². The van der Waals surface area contributed by atoms with Gasteiger partial charge in [-0.3, -0.25) is 4.79 Å². The number of nitrogens with zero attached hydrogens (tertiary/aromatic N) is 2. The SMILES string of the molecule is C[C@@H]1[C@H](C)CCC[C@@H]1NC(=O)[C@H]1CCCN(C(=O)N2CCCC2)C1. The van der Waals surface area contributed by atoms with Crippen molar-refractivity contribution in [1.82, 2.24) is 15.1 Å². The first-order valence-corrected chi connectivity index (χ1v) is 9.90. The Kier molecular flexibility index (Phi) is 5.67. The first kappa shape index (κ1) is 17.6. The maximum atomic E-state index is 12.7. The number of nitrogens with one attached hydrogen (secondary N) is 1. The molecule has 3 fully saturated rings. The van der Waals surface area contributed by atoms with Crippen molar-refractivity contribution in [2.45, 2.75) is 64.8 Å². The first-order chi connectivity index (χ1) is 11.6. The van der Waals surface area contributed by atoms with Crippen molar-refractivity contribution in [3.63, 3.8) is 0 Å². The summed E-state index contributed by atoms with van der Waals surface area (Å²) in [6, 6.07) is 0.454. The number of carbonyl (C=O) groups excluding carboxylic acids is 2. The highest BCUT2D eigenvalue weighted by Gasteiger charge is 2.34. The quantitative estimate of drug-likeness (QED) is 0.843. The molecule has 24 heavy (non-hydrogen) atoms. The largest absolute Gasteiger partial charge is 0.353 e. The molecule has 5 heteroatoms. The van der Waals surface area contributed by atoms with Gasteiger partial charge in [-0.2, -0.15) is 0 Å². The molecular weight excluding hydrogens is 302 g/mol. The third-order valence-corrected chi connectivity index (χ3v) is 6.47. The van der Waals surface area contributed by atoms with E-state index in [4.69, 9.17) is 0 Å². The average molecular weight is 335 g/mol. The lowest BCUT2D eigenvalue weighted by molar-refractivity contribution is -0.127. The van der Waals surface area contributed by atoms with Crippen molar-refractivity contribution in [1.29, 1.82) is 0 Å². The molecule has 0 unspecified atom stereocenters. The minimum absolute atomic E-state index is 0.0327. The molecule has 0 aromatic carbocycles. The number of carbonyl (C=O) groups is 2. The monoisotopic (exact) mass is 335 g/mol. The second-order valence-electron chi connectivity index (χ2n) is 8.14. The van der Waals surface area contributed by atoms with E-state index in [2.05, 4.69) is 19.2 Å². The van der Waals surface area contributed by atoms with Crippen molar-refractivity contribution >= 4 is 11.9 Å². The fourth-order valence-electron chi connectivity index (χ4n) is 4.56. The van der Waals surface area contributed by atoms with Crippen molar-refractivity contribution in [2.75, 3.05) is 26.2 Å². The van der Waals surface area contributed by atoms with E-state index in [0.717, 1.165) is 51.7 Å². The van der Waals surface area contributed by atoms with Gasteiger partial charge in [-0.05, 0) is 43.9 Å². The van der Waals surface area contributed by atoms with Gasteiger partial charge >= 0.3 is 6.03 Å². The number of amides is 3. The normalized spacial score (nSPS) is 34.2. The van der Waals surface area contributed by atoms with E-state index in [1.54, 1.807) is 0 Å². The van der Waals surface area contributed by atoms with Gasteiger partial charge in [0, 0.05) is 32.2 Å². The van der Waals surface area contributed by atoms with Gasteiger partial charge < -0.3 is 15.1 Å². The highest BCUT2D eigenvalue weighted by Crippen LogP contribution is 2.30. The van der Waals surface area contributed by atoms with Crippen LogP contribution >= 0.6 is 0 Å². The van der Waals surface area contributed by atoms with E-state index < -0.39 is 0 Å². The van der Waals surface area contributed by atoms with E-state index in [0.29, 0.717) is 24.4 Å². The lowest BCUT2D eigenvalue weighted by Gasteiger charge is -2.38. The summed E-state index contributed by atoms with van der Waals surface area (Å²) >= 11 is 0. The number of piperidine rings is 1. The Morgan fingerprint density at radius 1 is 0.875 bits per heavy atom. The predicted molar refractivity (Wildman–Crippen MR) is 94.6 cm³/mol. The Labute approximate surface area is 146 Å². The molecule has 136 valence electrons. The molecule has 3 aliphatic rings. The summed E-state index contributed by atoms with van der Waals surface area (Å²) in [5.41, 5.74) is 0. The minimum atomic E-state index is -0.0327. The van der Waals surface area contributed by atoms with Gasteiger partial charge in [-0.25, -0.2) is 4.79 Å². The molecule has 2 saturated heterocycles. The molecule has 3 rings (SSSR count). The van der Waals surface area contributed by atoms with Gasteiger partial charge in [0.1, 0.15) is 0 Å². The predicted octanol–water partition coefficient (Wildman–Crippen LogP) is 2.86. The van der Waals surface area contributed by atoms with Crippen molar-refractivity contribution in [3.05, 3.63) is 0 Å². The van der Waals surface area contributed by atoms with Crippen LogP contribution in [0.1, 0.15) is 58.8 Å². The van der Waals surface area contributed by atoms with E-state index in [1.165, 1.54) is 12.8 Å². The maximum Gasteiger partial charge on any atom is 0.320 e. The van der Waals surface area contributed by atoms with Crippen LogP contribution in [0.4, 0.5) is 4.79 Å². The molecule has 5 nitrogen and oxygen atoms in total. The second-order valence-corrected chi connectivity index (χ2v) is 8.14. The van der Waals surface area contributed by atoms with E-state index >= 15 is 0 Å². The summed E-state index contributed by atoms with van der Waals surface area (Å²) in [4.78, 5) is 29.2. The summed E-state index contributed by atoms with van der Waals surface area (Å²) in [6.45, 7) is 7.71. The zero-order valence-electron chi connectivity index (χ0n) is 15.3. The number of likely N-dealkylation sites (tertiary alicyclic amines) is 2. The zero-order chi connectivity index (χ0) is 17.1. The van der Waals surface area contributed by atoms with Crippen LogP contribution in [0.3, 0.4) is 0 Å². The standard InChI is InChI=1S/C19H33N3O2/c1-14-7-5-9-17(15(14)2)20-18(23)16-8-6-12-22(13-16)19(24)21-10-3-4-11-21/h14-17H,3-13H2,1-2H3,(H,20,23)/t14-,15-,16+,17+/m1/s1. The summed E-state index contributed by atoms with van der Waals surface area (Å²) in [5, 5.41) is 3.31. The Balaban J connectivity index is 1.53. The Hall–Kier alpha value is -1.26. The van der Waals surface area contributed by atoms with Gasteiger partial charge in [0.25, 0.3) is 0 Å². The Bertz CT molecular complexity index is 462. The fraction of sp³-hybridized carbons (Fsp3) is 0.895. The number of urea groups is 1. The van der Waals surface area contributed by atoms with Crippen LogP contribution in [0.25, 0.3) is 0 Å². The zero-order valence-corrected chi connectivity index (χ0v) is 15.3. The van der Waals surface area contributed by atoms with Gasteiger partial charge in [0.15, 0.2) is 0 Å². The van der Waals surface area contributed by atoms with Gasteiger partial charge in [0.05, 0.1) is 5.92 Å². The first-order valence-electron chi connectivity index (χ1n) is 9.90. The van der Waals surface area contributed by atoms with Crippen LogP contribution in [0.15, 0.2) is 0 Å². The Morgan fingerprint density at radius 3 is 2.33 bits per heavy atom. The van der Waals surface area contributed by atoms with Crippen LogP contribution in [0, 0.1) is 17.8 Å². The van der Waals surface area contributed by atoms with Crippen LogP contribution in [0.5, 0.6) is 0 Å².